The van der Waals surface area contributed by atoms with Crippen LogP contribution in [0.1, 0.15) is 49.9 Å². The molecule has 4 aromatic rings. The Morgan fingerprint density at radius 3 is 0.875 bits per heavy atom. The Hall–Kier alpha value is -4.03. The molecule has 7 nitrogen and oxygen atoms in total. The van der Waals surface area contributed by atoms with Crippen LogP contribution in [-0.4, -0.2) is 12.6 Å². The van der Waals surface area contributed by atoms with Gasteiger partial charge in [-0.3, -0.25) is 0 Å². The second kappa shape index (κ2) is 14.6. The highest BCUT2D eigenvalue weighted by atomic mass is 32.4. The predicted molar refractivity (Wildman–Crippen MR) is 176 cm³/mol. The lowest BCUT2D eigenvalue weighted by molar-refractivity contribution is 0.403. The van der Waals surface area contributed by atoms with Gasteiger partial charge in [-0.2, -0.15) is 12.6 Å². The van der Waals surface area contributed by atoms with Gasteiger partial charge in [0.2, 0.25) is 0 Å². The summed E-state index contributed by atoms with van der Waals surface area (Å²) in [6, 6.07) is 27.6. The maximum absolute atomic E-state index is 12.4. The van der Waals surface area contributed by atoms with E-state index >= 15 is 0 Å². The molecular weight excluding hydrogens is 713 g/mol. The fourth-order valence-electron chi connectivity index (χ4n) is 4.26. The summed E-state index contributed by atoms with van der Waals surface area (Å²) >= 11 is 0. The summed E-state index contributed by atoms with van der Waals surface area (Å²) in [4.78, 5) is 0. The molecule has 0 radical (unpaired) electrons. The Bertz CT molecular complexity index is 1850. The lowest BCUT2D eigenvalue weighted by Gasteiger charge is -2.26. The van der Waals surface area contributed by atoms with E-state index in [1.54, 1.807) is 24.3 Å². The molecular formula is C30H32F8N4O3S3. The highest BCUT2D eigenvalue weighted by molar-refractivity contribution is 8.01. The first-order chi connectivity index (χ1) is 21.6. The van der Waals surface area contributed by atoms with Crippen molar-refractivity contribution in [1.29, 1.82) is 0 Å². The van der Waals surface area contributed by atoms with Gasteiger partial charge in [0.1, 0.15) is 0 Å². The number of hydrogen-bond donors (Lipinski definition) is 2. The third-order valence-corrected chi connectivity index (χ3v) is 7.71. The summed E-state index contributed by atoms with van der Waals surface area (Å²) in [7, 11) is -18.5. The molecule has 0 aromatic heterocycles. The molecule has 18 heteroatoms. The molecule has 4 rings (SSSR count). The van der Waals surface area contributed by atoms with Crippen molar-refractivity contribution < 1.29 is 43.7 Å². The molecule has 0 saturated carbocycles. The maximum Gasteiger partial charge on any atom is 0.456 e. The third-order valence-electron chi connectivity index (χ3n) is 6.87. The largest absolute Gasteiger partial charge is 0.456 e. The molecule has 0 atom stereocenters. The van der Waals surface area contributed by atoms with E-state index < -0.39 is 37.0 Å². The smallest absolute Gasteiger partial charge is 0.399 e. The monoisotopic (exact) mass is 744 g/mol. The van der Waals surface area contributed by atoms with Crippen LogP contribution in [0.2, 0.25) is 0 Å². The Labute approximate surface area is 275 Å². The van der Waals surface area contributed by atoms with Gasteiger partial charge in [-0.25, -0.2) is 0 Å². The molecule has 0 fully saturated rings. The summed E-state index contributed by atoms with van der Waals surface area (Å²) in [5.41, 5.74) is 16.2. The highest BCUT2D eigenvalue weighted by Gasteiger charge is 2.33. The van der Waals surface area contributed by atoms with Crippen molar-refractivity contribution in [3.8, 4) is 0 Å². The van der Waals surface area contributed by atoms with Gasteiger partial charge in [0.05, 0.1) is 11.4 Å². The SMILES string of the molecule is CC(C)(c1ccc(N)cc1)c1ccc(N)cc1.CC(C)(c1ccc(N=S(=O)(F)F)cc1)c1ccc(N=S(=O)(F)F)cc1.O=S(F)(F)(F)F. The molecule has 0 aliphatic carbocycles. The fraction of sp³-hybridized carbons (Fsp3) is 0.200. The van der Waals surface area contributed by atoms with Crippen LogP contribution in [-0.2, 0) is 42.4 Å². The van der Waals surface area contributed by atoms with E-state index in [0.717, 1.165) is 22.5 Å². The van der Waals surface area contributed by atoms with Crippen LogP contribution in [0.15, 0.2) is 106 Å². The first-order valence-corrected chi connectivity index (χ1v) is 17.6. The Morgan fingerprint density at radius 2 is 0.688 bits per heavy atom. The highest BCUT2D eigenvalue weighted by Crippen LogP contribution is 2.35. The molecule has 0 amide bonds. The first-order valence-electron chi connectivity index (χ1n) is 13.4. The van der Waals surface area contributed by atoms with Gasteiger partial charge < -0.3 is 11.5 Å². The minimum atomic E-state index is -8.10. The summed E-state index contributed by atoms with van der Waals surface area (Å²) in [6.07, 6.45) is 0. The Kier molecular flexibility index (Phi) is 12.2. The minimum Gasteiger partial charge on any atom is -0.399 e. The van der Waals surface area contributed by atoms with Gasteiger partial charge in [-0.1, -0.05) is 107 Å². The van der Waals surface area contributed by atoms with Gasteiger partial charge in [0, 0.05) is 22.2 Å². The van der Waals surface area contributed by atoms with Crippen molar-refractivity contribution in [2.75, 3.05) is 11.5 Å². The lowest BCUT2D eigenvalue weighted by atomic mass is 9.78. The van der Waals surface area contributed by atoms with Crippen LogP contribution in [0, 0.1) is 0 Å². The van der Waals surface area contributed by atoms with Gasteiger partial charge in [0.25, 0.3) is 0 Å². The quantitative estimate of drug-likeness (QED) is 0.115. The first kappa shape index (κ1) is 40.1. The lowest BCUT2D eigenvalue weighted by Crippen LogP contribution is -2.18. The van der Waals surface area contributed by atoms with Crippen molar-refractivity contribution in [2.24, 2.45) is 8.73 Å². The molecule has 0 heterocycles. The predicted octanol–water partition coefficient (Wildman–Crippen LogP) is 10.3. The topological polar surface area (TPSA) is 128 Å². The normalized spacial score (nSPS) is 13.0. The summed E-state index contributed by atoms with van der Waals surface area (Å²) in [6.45, 7) is 8.10. The molecule has 0 aliphatic heterocycles. The van der Waals surface area contributed by atoms with Crippen LogP contribution >= 0.6 is 0 Å². The zero-order valence-electron chi connectivity index (χ0n) is 25.8. The van der Waals surface area contributed by atoms with Crippen LogP contribution in [0.3, 0.4) is 0 Å². The standard InChI is InChI=1S/C15H14F4N2O2S2.C15H18N2.F4OS/c1-15(2,11-3-7-13(8-4-11)20-24(16,17)22)12-5-9-14(10-6-12)21-25(18,19)23;1-15(2,11-3-7-13(16)8-4-11)12-5-9-14(17)10-6-12;1-6(2,3,4)5/h3-10H,1-2H3;3-10H,16-17H2,1-2H3;. The summed E-state index contributed by atoms with van der Waals surface area (Å²) in [5.74, 6) is 0. The van der Waals surface area contributed by atoms with E-state index in [1.165, 1.54) is 35.4 Å². The molecule has 0 unspecified atom stereocenters. The van der Waals surface area contributed by atoms with E-state index in [9.17, 15) is 39.5 Å². The van der Waals surface area contributed by atoms with Crippen LogP contribution < -0.4 is 11.5 Å². The Morgan fingerprint density at radius 1 is 0.500 bits per heavy atom. The molecule has 0 spiro atoms. The summed E-state index contributed by atoms with van der Waals surface area (Å²) < 4.78 is 124. The zero-order chi connectivity index (χ0) is 36.8. The molecule has 264 valence electrons. The zero-order valence-corrected chi connectivity index (χ0v) is 28.2. The van der Waals surface area contributed by atoms with Crippen molar-refractivity contribution in [3.63, 3.8) is 0 Å². The van der Waals surface area contributed by atoms with Crippen molar-refractivity contribution >= 4 is 54.4 Å². The number of nitrogen functional groups attached to an aromatic ring is 2. The van der Waals surface area contributed by atoms with E-state index in [1.807, 2.05) is 38.1 Å². The van der Waals surface area contributed by atoms with Crippen molar-refractivity contribution in [2.45, 2.75) is 38.5 Å². The number of halogens is 8. The molecule has 0 bridgehead atoms. The summed E-state index contributed by atoms with van der Waals surface area (Å²) in [5, 5.41) is 0. The van der Waals surface area contributed by atoms with E-state index in [0.29, 0.717) is 0 Å². The van der Waals surface area contributed by atoms with Gasteiger partial charge in [-0.15, -0.1) is 8.73 Å². The van der Waals surface area contributed by atoms with Gasteiger partial charge >= 0.3 is 31.6 Å². The van der Waals surface area contributed by atoms with Crippen LogP contribution in [0.5, 0.6) is 0 Å². The van der Waals surface area contributed by atoms with Crippen molar-refractivity contribution in [3.05, 3.63) is 119 Å². The molecule has 48 heavy (non-hydrogen) atoms. The van der Waals surface area contributed by atoms with E-state index in [-0.39, 0.29) is 16.8 Å². The number of anilines is 2. The number of hydrogen-bond acceptors (Lipinski definition) is 7. The van der Waals surface area contributed by atoms with E-state index in [2.05, 4.69) is 46.8 Å². The molecule has 4 aromatic carbocycles. The van der Waals surface area contributed by atoms with Crippen LogP contribution in [0.25, 0.3) is 0 Å². The number of nitrogens with zero attached hydrogens (tertiary/aromatic N) is 2. The van der Waals surface area contributed by atoms with E-state index in [4.69, 9.17) is 15.7 Å². The number of rotatable bonds is 6. The fourth-order valence-corrected chi connectivity index (χ4v) is 4.99. The van der Waals surface area contributed by atoms with Crippen LogP contribution in [0.4, 0.5) is 53.8 Å². The molecule has 0 saturated heterocycles. The second-order valence-corrected chi connectivity index (χ2v) is 14.3. The Balaban J connectivity index is 0.000000299. The molecule has 4 N–H and O–H groups in total. The maximum atomic E-state index is 12.4. The number of benzene rings is 4. The second-order valence-electron chi connectivity index (χ2n) is 11.2. The van der Waals surface area contributed by atoms with Crippen molar-refractivity contribution in [1.82, 2.24) is 0 Å². The average Bonchev–Trinajstić information content (AvgIpc) is 2.91. The average molecular weight is 745 g/mol. The minimum absolute atomic E-state index is 0.0403. The van der Waals surface area contributed by atoms with Gasteiger partial charge in [0.15, 0.2) is 0 Å². The third kappa shape index (κ3) is 14.4. The number of nitrogens with two attached hydrogens (primary N) is 2. The molecule has 0 aliphatic rings. The van der Waals surface area contributed by atoms with Gasteiger partial charge in [-0.05, 0) is 70.8 Å².